The van der Waals surface area contributed by atoms with Crippen LogP contribution in [0.15, 0.2) is 24.3 Å². The standard InChI is InChI=1S/C18H30N2O/c1-5-15-6-8-16(9-7-15)10-11-17(21)20-18(4,13-19)12-14(2)3/h6-9,14H,5,10-13,19H2,1-4H3,(H,20,21). The van der Waals surface area contributed by atoms with E-state index < -0.39 is 0 Å². The van der Waals surface area contributed by atoms with Crippen molar-refractivity contribution in [2.75, 3.05) is 6.54 Å². The van der Waals surface area contributed by atoms with Crippen LogP contribution in [0.2, 0.25) is 0 Å². The number of hydrogen-bond acceptors (Lipinski definition) is 2. The lowest BCUT2D eigenvalue weighted by Crippen LogP contribution is -2.52. The van der Waals surface area contributed by atoms with Crippen LogP contribution in [0.25, 0.3) is 0 Å². The summed E-state index contributed by atoms with van der Waals surface area (Å²) >= 11 is 0. The lowest BCUT2D eigenvalue weighted by molar-refractivity contribution is -0.122. The summed E-state index contributed by atoms with van der Waals surface area (Å²) in [6.45, 7) is 8.94. The molecule has 0 radical (unpaired) electrons. The van der Waals surface area contributed by atoms with Crippen molar-refractivity contribution in [3.8, 4) is 0 Å². The first-order valence-electron chi connectivity index (χ1n) is 7.97. The summed E-state index contributed by atoms with van der Waals surface area (Å²) in [4.78, 5) is 12.1. The Morgan fingerprint density at radius 3 is 2.29 bits per heavy atom. The second kappa shape index (κ2) is 8.18. The largest absolute Gasteiger partial charge is 0.350 e. The number of carbonyl (C=O) groups excluding carboxylic acids is 1. The smallest absolute Gasteiger partial charge is 0.220 e. The number of benzene rings is 1. The van der Waals surface area contributed by atoms with Crippen LogP contribution in [0.5, 0.6) is 0 Å². The van der Waals surface area contributed by atoms with Crippen molar-refractivity contribution in [2.24, 2.45) is 11.7 Å². The Hall–Kier alpha value is -1.35. The van der Waals surface area contributed by atoms with Crippen LogP contribution in [0.1, 0.15) is 51.7 Å². The van der Waals surface area contributed by atoms with Gasteiger partial charge in [-0.1, -0.05) is 45.0 Å². The van der Waals surface area contributed by atoms with Gasteiger partial charge in [0.05, 0.1) is 0 Å². The molecule has 3 heteroatoms. The fourth-order valence-corrected chi connectivity index (χ4v) is 2.69. The van der Waals surface area contributed by atoms with Crippen LogP contribution in [0, 0.1) is 5.92 Å². The van der Waals surface area contributed by atoms with Gasteiger partial charge in [-0.05, 0) is 43.2 Å². The fourth-order valence-electron chi connectivity index (χ4n) is 2.69. The molecule has 21 heavy (non-hydrogen) atoms. The molecule has 1 aromatic carbocycles. The summed E-state index contributed by atoms with van der Waals surface area (Å²) in [6.07, 6.45) is 3.24. The Kier molecular flexibility index (Phi) is 6.90. The normalized spacial score (nSPS) is 14.0. The number of amides is 1. The highest BCUT2D eigenvalue weighted by Gasteiger charge is 2.25. The summed E-state index contributed by atoms with van der Waals surface area (Å²) in [6, 6.07) is 8.50. The average Bonchev–Trinajstić information content (AvgIpc) is 2.44. The van der Waals surface area contributed by atoms with E-state index >= 15 is 0 Å². The van der Waals surface area contributed by atoms with E-state index in [9.17, 15) is 4.79 Å². The van der Waals surface area contributed by atoms with E-state index in [-0.39, 0.29) is 11.4 Å². The van der Waals surface area contributed by atoms with Gasteiger partial charge in [-0.25, -0.2) is 0 Å². The molecule has 0 aromatic heterocycles. The zero-order chi connectivity index (χ0) is 15.9. The van der Waals surface area contributed by atoms with Crippen LogP contribution in [0.3, 0.4) is 0 Å². The molecule has 0 bridgehead atoms. The Morgan fingerprint density at radius 2 is 1.81 bits per heavy atom. The summed E-state index contributed by atoms with van der Waals surface area (Å²) < 4.78 is 0. The maximum Gasteiger partial charge on any atom is 0.220 e. The lowest BCUT2D eigenvalue weighted by Gasteiger charge is -2.31. The molecular weight excluding hydrogens is 260 g/mol. The van der Waals surface area contributed by atoms with Gasteiger partial charge in [-0.3, -0.25) is 4.79 Å². The highest BCUT2D eigenvalue weighted by atomic mass is 16.1. The summed E-state index contributed by atoms with van der Waals surface area (Å²) in [5, 5.41) is 3.10. The van der Waals surface area contributed by atoms with Crippen molar-refractivity contribution >= 4 is 5.91 Å². The number of carbonyl (C=O) groups is 1. The Balaban J connectivity index is 2.48. The highest BCUT2D eigenvalue weighted by molar-refractivity contribution is 5.77. The average molecular weight is 290 g/mol. The van der Waals surface area contributed by atoms with Gasteiger partial charge < -0.3 is 11.1 Å². The first kappa shape index (κ1) is 17.7. The first-order chi connectivity index (χ1) is 9.88. The number of hydrogen-bond donors (Lipinski definition) is 2. The Bertz CT molecular complexity index is 439. The molecule has 0 heterocycles. The molecule has 1 amide bonds. The topological polar surface area (TPSA) is 55.1 Å². The van der Waals surface area contributed by atoms with E-state index in [1.165, 1.54) is 11.1 Å². The van der Waals surface area contributed by atoms with Gasteiger partial charge in [-0.2, -0.15) is 0 Å². The molecule has 3 nitrogen and oxygen atoms in total. The third-order valence-corrected chi connectivity index (χ3v) is 3.82. The van der Waals surface area contributed by atoms with Crippen LogP contribution in [0.4, 0.5) is 0 Å². The quantitative estimate of drug-likeness (QED) is 0.773. The van der Waals surface area contributed by atoms with E-state index in [0.717, 1.165) is 19.3 Å². The molecule has 0 saturated carbocycles. The van der Waals surface area contributed by atoms with Crippen LogP contribution in [-0.4, -0.2) is 18.0 Å². The van der Waals surface area contributed by atoms with E-state index in [2.05, 4.69) is 50.4 Å². The number of nitrogens with one attached hydrogen (secondary N) is 1. The highest BCUT2D eigenvalue weighted by Crippen LogP contribution is 2.16. The molecule has 118 valence electrons. The van der Waals surface area contributed by atoms with E-state index in [4.69, 9.17) is 5.73 Å². The maximum atomic E-state index is 12.1. The minimum absolute atomic E-state index is 0.0863. The van der Waals surface area contributed by atoms with Crippen LogP contribution < -0.4 is 11.1 Å². The van der Waals surface area contributed by atoms with Crippen molar-refractivity contribution in [3.63, 3.8) is 0 Å². The van der Waals surface area contributed by atoms with Gasteiger partial charge >= 0.3 is 0 Å². The van der Waals surface area contributed by atoms with Crippen molar-refractivity contribution < 1.29 is 4.79 Å². The third kappa shape index (κ3) is 6.30. The third-order valence-electron chi connectivity index (χ3n) is 3.82. The second-order valence-electron chi connectivity index (χ2n) is 6.58. The molecule has 0 spiro atoms. The molecule has 1 atom stereocenters. The summed E-state index contributed by atoms with van der Waals surface area (Å²) in [5.41, 5.74) is 8.07. The number of nitrogens with two attached hydrogens (primary N) is 1. The molecule has 1 unspecified atom stereocenters. The number of aryl methyl sites for hydroxylation is 2. The zero-order valence-electron chi connectivity index (χ0n) is 13.9. The van der Waals surface area contributed by atoms with Gasteiger partial charge in [0.1, 0.15) is 0 Å². The van der Waals surface area contributed by atoms with E-state index in [1.807, 2.05) is 6.92 Å². The van der Waals surface area contributed by atoms with Crippen molar-refractivity contribution in [1.29, 1.82) is 0 Å². The summed E-state index contributed by atoms with van der Waals surface area (Å²) in [5.74, 6) is 0.601. The molecule has 0 fully saturated rings. The molecule has 0 saturated heterocycles. The molecule has 0 aliphatic carbocycles. The maximum absolute atomic E-state index is 12.1. The molecule has 1 rings (SSSR count). The SMILES string of the molecule is CCc1ccc(CCC(=O)NC(C)(CN)CC(C)C)cc1. The minimum atomic E-state index is -0.294. The monoisotopic (exact) mass is 290 g/mol. The molecule has 3 N–H and O–H groups in total. The molecule has 0 aliphatic rings. The van der Waals surface area contributed by atoms with Crippen LogP contribution in [-0.2, 0) is 17.6 Å². The van der Waals surface area contributed by atoms with Gasteiger partial charge in [0, 0.05) is 18.5 Å². The predicted octanol–water partition coefficient (Wildman–Crippen LogP) is 3.06. The van der Waals surface area contributed by atoms with Gasteiger partial charge in [0.25, 0.3) is 0 Å². The summed E-state index contributed by atoms with van der Waals surface area (Å²) in [7, 11) is 0. The van der Waals surface area contributed by atoms with Gasteiger partial charge in [0.15, 0.2) is 0 Å². The number of rotatable bonds is 8. The molecule has 1 aromatic rings. The van der Waals surface area contributed by atoms with E-state index in [1.54, 1.807) is 0 Å². The second-order valence-corrected chi connectivity index (χ2v) is 6.58. The fraction of sp³-hybridized carbons (Fsp3) is 0.611. The zero-order valence-corrected chi connectivity index (χ0v) is 13.9. The first-order valence-corrected chi connectivity index (χ1v) is 7.97. The van der Waals surface area contributed by atoms with Gasteiger partial charge in [0.2, 0.25) is 5.91 Å². The Labute approximate surface area is 129 Å². The Morgan fingerprint density at radius 1 is 1.24 bits per heavy atom. The van der Waals surface area contributed by atoms with Gasteiger partial charge in [-0.15, -0.1) is 0 Å². The molecular formula is C18H30N2O. The van der Waals surface area contributed by atoms with Crippen molar-refractivity contribution in [1.82, 2.24) is 5.32 Å². The van der Waals surface area contributed by atoms with Crippen LogP contribution >= 0.6 is 0 Å². The van der Waals surface area contributed by atoms with Crippen molar-refractivity contribution in [2.45, 2.75) is 58.9 Å². The van der Waals surface area contributed by atoms with E-state index in [0.29, 0.717) is 18.9 Å². The minimum Gasteiger partial charge on any atom is -0.350 e. The predicted molar refractivity (Wildman–Crippen MR) is 89.2 cm³/mol. The van der Waals surface area contributed by atoms with Crippen molar-refractivity contribution in [3.05, 3.63) is 35.4 Å². The lowest BCUT2D eigenvalue weighted by atomic mass is 9.90. The molecule has 0 aliphatic heterocycles.